The first-order chi connectivity index (χ1) is 7.38. The highest BCUT2D eigenvalue weighted by Gasteiger charge is 2.35. The normalized spacial score (nSPS) is 12.0. The molecule has 16 heavy (non-hydrogen) atoms. The Morgan fingerprint density at radius 2 is 1.94 bits per heavy atom. The minimum absolute atomic E-state index is 0.0273. The first-order valence-electron chi connectivity index (χ1n) is 3.97. The van der Waals surface area contributed by atoms with Crippen LogP contribution in [-0.4, -0.2) is 20.1 Å². The first kappa shape index (κ1) is 10.9. The summed E-state index contributed by atoms with van der Waals surface area (Å²) in [5, 5.41) is 9.44. The van der Waals surface area contributed by atoms with Crippen LogP contribution in [0.5, 0.6) is 5.88 Å². The Morgan fingerprint density at radius 1 is 1.25 bits per heavy atom. The fourth-order valence-electron chi connectivity index (χ4n) is 1.10. The second-order valence-electron chi connectivity index (χ2n) is 2.89. The SMILES string of the molecule is Oc1nc(C(F)(F)F)nc2ncc(Cl)cc12. The summed E-state index contributed by atoms with van der Waals surface area (Å²) in [4.78, 5) is 9.69. The summed E-state index contributed by atoms with van der Waals surface area (Å²) in [6.07, 6.45) is -3.59. The van der Waals surface area contributed by atoms with Crippen molar-refractivity contribution in [2.24, 2.45) is 0 Å². The first-order valence-corrected chi connectivity index (χ1v) is 4.35. The van der Waals surface area contributed by atoms with E-state index < -0.39 is 17.9 Å². The van der Waals surface area contributed by atoms with E-state index in [0.29, 0.717) is 0 Å². The van der Waals surface area contributed by atoms with Crippen molar-refractivity contribution in [1.82, 2.24) is 15.0 Å². The number of hydrogen-bond acceptors (Lipinski definition) is 4. The molecule has 4 nitrogen and oxygen atoms in total. The average Bonchev–Trinajstić information content (AvgIpc) is 2.17. The van der Waals surface area contributed by atoms with Gasteiger partial charge >= 0.3 is 6.18 Å². The number of aromatic hydroxyl groups is 1. The second kappa shape index (κ2) is 3.44. The van der Waals surface area contributed by atoms with Gasteiger partial charge in [0.1, 0.15) is 0 Å². The van der Waals surface area contributed by atoms with Crippen LogP contribution in [0.25, 0.3) is 11.0 Å². The topological polar surface area (TPSA) is 58.9 Å². The van der Waals surface area contributed by atoms with Gasteiger partial charge < -0.3 is 5.11 Å². The molecule has 0 saturated carbocycles. The zero-order chi connectivity index (χ0) is 11.9. The van der Waals surface area contributed by atoms with Gasteiger partial charge in [0, 0.05) is 6.20 Å². The van der Waals surface area contributed by atoms with Crippen LogP contribution in [0.3, 0.4) is 0 Å². The summed E-state index contributed by atoms with van der Waals surface area (Å²) in [6.45, 7) is 0. The van der Waals surface area contributed by atoms with Crippen LogP contribution in [0.1, 0.15) is 5.82 Å². The van der Waals surface area contributed by atoms with Crippen LogP contribution < -0.4 is 0 Å². The van der Waals surface area contributed by atoms with E-state index in [1.54, 1.807) is 0 Å². The van der Waals surface area contributed by atoms with Gasteiger partial charge in [-0.3, -0.25) is 0 Å². The van der Waals surface area contributed by atoms with Crippen molar-refractivity contribution in [2.45, 2.75) is 6.18 Å². The Labute approximate surface area is 91.7 Å². The lowest BCUT2D eigenvalue weighted by Gasteiger charge is -2.06. The molecule has 0 atom stereocenters. The van der Waals surface area contributed by atoms with Crippen LogP contribution in [-0.2, 0) is 6.18 Å². The van der Waals surface area contributed by atoms with Gasteiger partial charge in [-0.15, -0.1) is 0 Å². The quantitative estimate of drug-likeness (QED) is 0.779. The van der Waals surface area contributed by atoms with Gasteiger partial charge in [-0.05, 0) is 6.07 Å². The Balaban J connectivity index is 2.74. The van der Waals surface area contributed by atoms with Gasteiger partial charge in [-0.25, -0.2) is 9.97 Å². The van der Waals surface area contributed by atoms with E-state index in [9.17, 15) is 18.3 Å². The van der Waals surface area contributed by atoms with E-state index in [2.05, 4.69) is 15.0 Å². The number of hydrogen-bond donors (Lipinski definition) is 1. The molecule has 0 spiro atoms. The third-order valence-corrected chi connectivity index (χ3v) is 1.96. The largest absolute Gasteiger partial charge is 0.493 e. The molecule has 0 saturated heterocycles. The van der Waals surface area contributed by atoms with Crippen molar-refractivity contribution >= 4 is 22.6 Å². The van der Waals surface area contributed by atoms with Crippen molar-refractivity contribution in [3.8, 4) is 5.88 Å². The average molecular weight is 250 g/mol. The van der Waals surface area contributed by atoms with Crippen molar-refractivity contribution in [3.63, 3.8) is 0 Å². The molecular formula is C8H3ClF3N3O. The molecule has 2 aromatic heterocycles. The predicted octanol–water partition coefficient (Wildman–Crippen LogP) is 2.40. The van der Waals surface area contributed by atoms with Crippen molar-refractivity contribution in [3.05, 3.63) is 23.1 Å². The number of nitrogens with zero attached hydrogens (tertiary/aromatic N) is 3. The number of fused-ring (bicyclic) bond motifs is 1. The van der Waals surface area contributed by atoms with E-state index in [-0.39, 0.29) is 16.1 Å². The van der Waals surface area contributed by atoms with Gasteiger partial charge in [0.2, 0.25) is 11.7 Å². The minimum atomic E-state index is -4.73. The number of halogens is 4. The molecule has 84 valence electrons. The van der Waals surface area contributed by atoms with E-state index in [1.165, 1.54) is 6.07 Å². The predicted molar refractivity (Wildman–Crippen MR) is 49.0 cm³/mol. The smallest absolute Gasteiger partial charge is 0.451 e. The molecule has 0 aliphatic heterocycles. The fourth-order valence-corrected chi connectivity index (χ4v) is 1.26. The Kier molecular flexibility index (Phi) is 2.34. The van der Waals surface area contributed by atoms with E-state index in [0.717, 1.165) is 6.20 Å². The summed E-state index contributed by atoms with van der Waals surface area (Å²) in [5.41, 5.74) is -0.260. The van der Waals surface area contributed by atoms with Crippen molar-refractivity contribution in [2.75, 3.05) is 0 Å². The Hall–Kier alpha value is -1.63. The Morgan fingerprint density at radius 3 is 2.56 bits per heavy atom. The Bertz CT molecular complexity index is 558. The number of rotatable bonds is 0. The molecule has 0 aliphatic rings. The van der Waals surface area contributed by atoms with E-state index in [4.69, 9.17) is 11.6 Å². The maximum atomic E-state index is 12.3. The highest BCUT2D eigenvalue weighted by Crippen LogP contribution is 2.30. The maximum Gasteiger partial charge on any atom is 0.451 e. The summed E-state index contributed by atoms with van der Waals surface area (Å²) in [5.74, 6) is -2.24. The van der Waals surface area contributed by atoms with Gasteiger partial charge in [-0.2, -0.15) is 18.2 Å². The summed E-state index contributed by atoms with van der Waals surface area (Å²) < 4.78 is 36.9. The molecule has 2 heterocycles. The molecule has 2 rings (SSSR count). The monoisotopic (exact) mass is 249 g/mol. The van der Waals surface area contributed by atoms with E-state index >= 15 is 0 Å². The third kappa shape index (κ3) is 1.85. The number of pyridine rings is 1. The second-order valence-corrected chi connectivity index (χ2v) is 3.33. The molecule has 0 aliphatic carbocycles. The molecule has 0 bridgehead atoms. The van der Waals surface area contributed by atoms with Crippen molar-refractivity contribution < 1.29 is 18.3 Å². The van der Waals surface area contributed by atoms with Gasteiger partial charge in [0.25, 0.3) is 0 Å². The highest BCUT2D eigenvalue weighted by molar-refractivity contribution is 6.31. The zero-order valence-electron chi connectivity index (χ0n) is 7.46. The van der Waals surface area contributed by atoms with Crippen LogP contribution in [0.15, 0.2) is 12.3 Å². The lowest BCUT2D eigenvalue weighted by atomic mass is 10.3. The maximum absolute atomic E-state index is 12.3. The molecule has 0 aromatic carbocycles. The fraction of sp³-hybridized carbons (Fsp3) is 0.125. The van der Waals surface area contributed by atoms with Crippen LogP contribution >= 0.6 is 11.6 Å². The lowest BCUT2D eigenvalue weighted by molar-refractivity contribution is -0.145. The van der Waals surface area contributed by atoms with Crippen molar-refractivity contribution in [1.29, 1.82) is 0 Å². The number of aromatic nitrogens is 3. The van der Waals surface area contributed by atoms with Gasteiger partial charge in [-0.1, -0.05) is 11.6 Å². The number of alkyl halides is 3. The molecule has 0 fully saturated rings. The summed E-state index contributed by atoms with van der Waals surface area (Å²) >= 11 is 5.57. The molecule has 0 unspecified atom stereocenters. The summed E-state index contributed by atoms with van der Waals surface area (Å²) in [6, 6.07) is 1.24. The zero-order valence-corrected chi connectivity index (χ0v) is 8.21. The molecule has 2 aromatic rings. The molecule has 8 heteroatoms. The standard InChI is InChI=1S/C8H3ClF3N3O/c9-3-1-4-5(13-2-3)14-7(8(10,11)12)15-6(4)16/h1-2H,(H,13,14,15,16). The summed E-state index contributed by atoms with van der Waals surface area (Å²) in [7, 11) is 0. The van der Waals surface area contributed by atoms with Gasteiger partial charge in [0.15, 0.2) is 5.65 Å². The van der Waals surface area contributed by atoms with E-state index in [1.807, 2.05) is 0 Å². The highest BCUT2D eigenvalue weighted by atomic mass is 35.5. The lowest BCUT2D eigenvalue weighted by Crippen LogP contribution is -2.11. The molecule has 1 N–H and O–H groups in total. The van der Waals surface area contributed by atoms with Crippen LogP contribution in [0.4, 0.5) is 13.2 Å². The third-order valence-electron chi connectivity index (χ3n) is 1.75. The molecular weight excluding hydrogens is 247 g/mol. The molecule has 0 radical (unpaired) electrons. The van der Waals surface area contributed by atoms with Crippen LogP contribution in [0.2, 0.25) is 5.02 Å². The molecule has 0 amide bonds. The minimum Gasteiger partial charge on any atom is -0.493 e. The van der Waals surface area contributed by atoms with Gasteiger partial charge in [0.05, 0.1) is 10.4 Å². The van der Waals surface area contributed by atoms with Crippen LogP contribution in [0, 0.1) is 0 Å².